The molecule has 3 rings (SSSR count). The second-order valence-corrected chi connectivity index (χ2v) is 5.63. The summed E-state index contributed by atoms with van der Waals surface area (Å²) in [5.41, 5.74) is 3.33. The monoisotopic (exact) mass is 273 g/mol. The minimum atomic E-state index is 0.189. The molecule has 20 heavy (non-hydrogen) atoms. The summed E-state index contributed by atoms with van der Waals surface area (Å²) in [5, 5.41) is 3.39. The Morgan fingerprint density at radius 3 is 2.80 bits per heavy atom. The van der Waals surface area contributed by atoms with Gasteiger partial charge < -0.3 is 15.1 Å². The molecular formula is C16H23N3O. The van der Waals surface area contributed by atoms with Crippen LogP contribution in [0, 0.1) is 0 Å². The van der Waals surface area contributed by atoms with Gasteiger partial charge in [0.05, 0.1) is 0 Å². The summed E-state index contributed by atoms with van der Waals surface area (Å²) in [6.45, 7) is 7.98. The van der Waals surface area contributed by atoms with Gasteiger partial charge in [-0.05, 0) is 43.1 Å². The minimum Gasteiger partial charge on any atom is -0.385 e. The van der Waals surface area contributed by atoms with Crippen LogP contribution in [0.5, 0.6) is 0 Å². The first-order valence-corrected chi connectivity index (χ1v) is 7.66. The Hall–Kier alpha value is -1.55. The van der Waals surface area contributed by atoms with Crippen LogP contribution in [0.1, 0.15) is 29.3 Å². The lowest BCUT2D eigenvalue weighted by Gasteiger charge is -2.34. The molecule has 2 aliphatic heterocycles. The molecule has 4 nitrogen and oxygen atoms in total. The van der Waals surface area contributed by atoms with Crippen LogP contribution in [0.25, 0.3) is 0 Å². The highest BCUT2D eigenvalue weighted by molar-refractivity contribution is 5.95. The van der Waals surface area contributed by atoms with Crippen molar-refractivity contribution < 1.29 is 4.79 Å². The van der Waals surface area contributed by atoms with Crippen LogP contribution in [0.3, 0.4) is 0 Å². The molecule has 0 aliphatic carbocycles. The first kappa shape index (κ1) is 13.4. The van der Waals surface area contributed by atoms with Crippen molar-refractivity contribution in [1.82, 2.24) is 9.80 Å². The van der Waals surface area contributed by atoms with Crippen molar-refractivity contribution >= 4 is 11.6 Å². The Morgan fingerprint density at radius 2 is 2.05 bits per heavy atom. The average Bonchev–Trinajstić information content (AvgIpc) is 2.54. The van der Waals surface area contributed by atoms with Crippen molar-refractivity contribution in [2.24, 2.45) is 0 Å². The van der Waals surface area contributed by atoms with Gasteiger partial charge in [0.25, 0.3) is 5.91 Å². The van der Waals surface area contributed by atoms with E-state index in [1.54, 1.807) is 0 Å². The molecule has 0 atom stereocenters. The number of piperazine rings is 1. The van der Waals surface area contributed by atoms with Crippen LogP contribution in [0.15, 0.2) is 18.2 Å². The molecule has 1 aromatic rings. The van der Waals surface area contributed by atoms with Crippen LogP contribution < -0.4 is 5.32 Å². The largest absolute Gasteiger partial charge is 0.385 e. The Balaban J connectivity index is 1.71. The van der Waals surface area contributed by atoms with E-state index in [2.05, 4.69) is 29.3 Å². The van der Waals surface area contributed by atoms with Crippen molar-refractivity contribution in [3.8, 4) is 0 Å². The highest BCUT2D eigenvalue weighted by Crippen LogP contribution is 2.23. The van der Waals surface area contributed by atoms with Crippen molar-refractivity contribution in [1.29, 1.82) is 0 Å². The molecule has 108 valence electrons. The standard InChI is InChI=1S/C16H23N3O/c1-2-18-8-10-19(11-9-18)16(20)14-5-6-15-13(12-14)4-3-7-17-15/h5-6,12,17H,2-4,7-11H2,1H3. The van der Waals surface area contributed by atoms with Crippen LogP contribution in [0.4, 0.5) is 5.69 Å². The summed E-state index contributed by atoms with van der Waals surface area (Å²) in [5.74, 6) is 0.189. The van der Waals surface area contributed by atoms with Gasteiger partial charge in [-0.15, -0.1) is 0 Å². The molecule has 0 bridgehead atoms. The van der Waals surface area contributed by atoms with Crippen LogP contribution >= 0.6 is 0 Å². The third kappa shape index (κ3) is 2.66. The van der Waals surface area contributed by atoms with Gasteiger partial charge >= 0.3 is 0 Å². The number of nitrogens with one attached hydrogen (secondary N) is 1. The molecule has 0 saturated carbocycles. The zero-order valence-electron chi connectivity index (χ0n) is 12.2. The first-order valence-electron chi connectivity index (χ1n) is 7.66. The lowest BCUT2D eigenvalue weighted by molar-refractivity contribution is 0.0643. The predicted octanol–water partition coefficient (Wildman–Crippen LogP) is 1.82. The second kappa shape index (κ2) is 5.83. The molecule has 4 heteroatoms. The molecule has 1 saturated heterocycles. The molecule has 1 amide bonds. The van der Waals surface area contributed by atoms with E-state index in [9.17, 15) is 4.79 Å². The predicted molar refractivity (Wildman–Crippen MR) is 81.3 cm³/mol. The maximum absolute atomic E-state index is 12.6. The van der Waals surface area contributed by atoms with E-state index in [0.717, 1.165) is 57.7 Å². The highest BCUT2D eigenvalue weighted by Gasteiger charge is 2.22. The van der Waals surface area contributed by atoms with Gasteiger partial charge in [-0.25, -0.2) is 0 Å². The molecular weight excluding hydrogens is 250 g/mol. The summed E-state index contributed by atoms with van der Waals surface area (Å²) in [7, 11) is 0. The summed E-state index contributed by atoms with van der Waals surface area (Å²) in [6, 6.07) is 6.10. The van der Waals surface area contributed by atoms with Crippen molar-refractivity contribution in [2.75, 3.05) is 44.6 Å². The Bertz CT molecular complexity index is 492. The van der Waals surface area contributed by atoms with E-state index >= 15 is 0 Å². The lowest BCUT2D eigenvalue weighted by atomic mass is 10.00. The summed E-state index contributed by atoms with van der Waals surface area (Å²) in [6.07, 6.45) is 2.23. The fourth-order valence-electron chi connectivity index (χ4n) is 3.06. The van der Waals surface area contributed by atoms with Crippen LogP contribution in [0.2, 0.25) is 0 Å². The average molecular weight is 273 g/mol. The summed E-state index contributed by atoms with van der Waals surface area (Å²) < 4.78 is 0. The number of amides is 1. The molecule has 1 aromatic carbocycles. The maximum Gasteiger partial charge on any atom is 0.253 e. The number of likely N-dealkylation sites (N-methyl/N-ethyl adjacent to an activating group) is 1. The van der Waals surface area contributed by atoms with Gasteiger partial charge in [0.15, 0.2) is 0 Å². The van der Waals surface area contributed by atoms with Crippen molar-refractivity contribution in [2.45, 2.75) is 19.8 Å². The number of anilines is 1. The number of aryl methyl sites for hydroxylation is 1. The molecule has 0 aromatic heterocycles. The lowest BCUT2D eigenvalue weighted by Crippen LogP contribution is -2.48. The molecule has 2 heterocycles. The highest BCUT2D eigenvalue weighted by atomic mass is 16.2. The van der Waals surface area contributed by atoms with Crippen molar-refractivity contribution in [3.05, 3.63) is 29.3 Å². The molecule has 1 fully saturated rings. The van der Waals surface area contributed by atoms with Crippen LogP contribution in [-0.4, -0.2) is 55.0 Å². The number of hydrogen-bond acceptors (Lipinski definition) is 3. The summed E-state index contributed by atoms with van der Waals surface area (Å²) >= 11 is 0. The Morgan fingerprint density at radius 1 is 1.25 bits per heavy atom. The zero-order chi connectivity index (χ0) is 13.9. The zero-order valence-corrected chi connectivity index (χ0v) is 12.2. The smallest absolute Gasteiger partial charge is 0.253 e. The van der Waals surface area contributed by atoms with Gasteiger partial charge in [0, 0.05) is 44.0 Å². The number of carbonyl (C=O) groups is 1. The maximum atomic E-state index is 12.6. The van der Waals surface area contributed by atoms with Gasteiger partial charge in [0.2, 0.25) is 0 Å². The van der Waals surface area contributed by atoms with Gasteiger partial charge in [-0.2, -0.15) is 0 Å². The SMILES string of the molecule is CCN1CCN(C(=O)c2ccc3c(c2)CCCN3)CC1. The Kier molecular flexibility index (Phi) is 3.92. The first-order chi connectivity index (χ1) is 9.78. The molecule has 0 spiro atoms. The second-order valence-electron chi connectivity index (χ2n) is 5.63. The number of carbonyl (C=O) groups excluding carboxylic acids is 1. The van der Waals surface area contributed by atoms with Gasteiger partial charge in [-0.1, -0.05) is 6.92 Å². The molecule has 2 aliphatic rings. The molecule has 1 N–H and O–H groups in total. The van der Waals surface area contributed by atoms with E-state index in [0.29, 0.717) is 0 Å². The molecule has 0 radical (unpaired) electrons. The van der Waals surface area contributed by atoms with Crippen LogP contribution in [-0.2, 0) is 6.42 Å². The number of fused-ring (bicyclic) bond motifs is 1. The third-order valence-electron chi connectivity index (χ3n) is 4.40. The van der Waals surface area contributed by atoms with Gasteiger partial charge in [-0.3, -0.25) is 4.79 Å². The van der Waals surface area contributed by atoms with E-state index < -0.39 is 0 Å². The fourth-order valence-corrected chi connectivity index (χ4v) is 3.06. The van der Waals surface area contributed by atoms with E-state index in [-0.39, 0.29) is 5.91 Å². The Labute approximate surface area is 120 Å². The third-order valence-corrected chi connectivity index (χ3v) is 4.40. The van der Waals surface area contributed by atoms with Gasteiger partial charge in [0.1, 0.15) is 0 Å². The quantitative estimate of drug-likeness (QED) is 0.893. The number of rotatable bonds is 2. The van der Waals surface area contributed by atoms with E-state index in [4.69, 9.17) is 0 Å². The topological polar surface area (TPSA) is 35.6 Å². The number of nitrogens with zero attached hydrogens (tertiary/aromatic N) is 2. The number of hydrogen-bond donors (Lipinski definition) is 1. The summed E-state index contributed by atoms with van der Waals surface area (Å²) in [4.78, 5) is 16.9. The molecule has 0 unspecified atom stereocenters. The van der Waals surface area contributed by atoms with Crippen molar-refractivity contribution in [3.63, 3.8) is 0 Å². The minimum absolute atomic E-state index is 0.189. The fraction of sp³-hybridized carbons (Fsp3) is 0.562. The number of benzene rings is 1. The van der Waals surface area contributed by atoms with E-state index in [1.807, 2.05) is 11.0 Å². The normalized spacial score (nSPS) is 19.4. The van der Waals surface area contributed by atoms with E-state index in [1.165, 1.54) is 11.3 Å².